The molecule has 1 aliphatic heterocycles. The predicted molar refractivity (Wildman–Crippen MR) is 60.6 cm³/mol. The summed E-state index contributed by atoms with van der Waals surface area (Å²) in [6.45, 7) is 6.59. The SMILES string of the molecule is CC(C)N1CCc2ncc(N)nc2CC1. The molecule has 4 heteroatoms. The number of nitrogens with zero attached hydrogens (tertiary/aromatic N) is 3. The van der Waals surface area contributed by atoms with Crippen molar-refractivity contribution >= 4 is 5.82 Å². The fourth-order valence-electron chi connectivity index (χ4n) is 2.00. The monoisotopic (exact) mass is 206 g/mol. The summed E-state index contributed by atoms with van der Waals surface area (Å²) in [6.07, 6.45) is 3.61. The molecular formula is C11H18N4. The van der Waals surface area contributed by atoms with Gasteiger partial charge in [0, 0.05) is 32.0 Å². The highest BCUT2D eigenvalue weighted by Crippen LogP contribution is 2.14. The number of fused-ring (bicyclic) bond motifs is 1. The van der Waals surface area contributed by atoms with Gasteiger partial charge >= 0.3 is 0 Å². The molecule has 0 aliphatic carbocycles. The van der Waals surface area contributed by atoms with E-state index >= 15 is 0 Å². The minimum atomic E-state index is 0.534. The van der Waals surface area contributed by atoms with Gasteiger partial charge in [-0.1, -0.05) is 0 Å². The van der Waals surface area contributed by atoms with Gasteiger partial charge in [-0.05, 0) is 13.8 Å². The standard InChI is InChI=1S/C11H18N4/c1-8(2)15-5-3-9-10(4-6-15)14-11(12)7-13-9/h7-8H,3-6H2,1-2H3,(H2,12,14). The largest absolute Gasteiger partial charge is 0.382 e. The van der Waals surface area contributed by atoms with Gasteiger partial charge in [0.25, 0.3) is 0 Å². The van der Waals surface area contributed by atoms with E-state index in [2.05, 4.69) is 28.7 Å². The smallest absolute Gasteiger partial charge is 0.142 e. The van der Waals surface area contributed by atoms with Gasteiger partial charge in [0.2, 0.25) is 0 Å². The van der Waals surface area contributed by atoms with Crippen molar-refractivity contribution in [1.29, 1.82) is 0 Å². The van der Waals surface area contributed by atoms with E-state index in [0.717, 1.165) is 37.3 Å². The fourth-order valence-corrected chi connectivity index (χ4v) is 2.00. The molecule has 0 bridgehead atoms. The second kappa shape index (κ2) is 4.14. The highest BCUT2D eigenvalue weighted by atomic mass is 15.1. The van der Waals surface area contributed by atoms with Crippen molar-refractivity contribution < 1.29 is 0 Å². The quantitative estimate of drug-likeness (QED) is 0.740. The van der Waals surface area contributed by atoms with Gasteiger partial charge in [-0.2, -0.15) is 0 Å². The van der Waals surface area contributed by atoms with Crippen molar-refractivity contribution in [3.05, 3.63) is 17.6 Å². The molecule has 1 aromatic heterocycles. The number of anilines is 1. The molecule has 15 heavy (non-hydrogen) atoms. The van der Waals surface area contributed by atoms with E-state index in [4.69, 9.17) is 5.73 Å². The lowest BCUT2D eigenvalue weighted by Gasteiger charge is -2.23. The Morgan fingerprint density at radius 1 is 1.27 bits per heavy atom. The maximum atomic E-state index is 5.64. The zero-order chi connectivity index (χ0) is 10.8. The number of hydrogen-bond acceptors (Lipinski definition) is 4. The Bertz CT molecular complexity index is 348. The van der Waals surface area contributed by atoms with E-state index in [1.54, 1.807) is 6.20 Å². The van der Waals surface area contributed by atoms with Gasteiger partial charge in [0.15, 0.2) is 0 Å². The van der Waals surface area contributed by atoms with Crippen LogP contribution in [0.25, 0.3) is 0 Å². The lowest BCUT2D eigenvalue weighted by molar-refractivity contribution is 0.232. The molecule has 2 N–H and O–H groups in total. The molecule has 0 saturated carbocycles. The molecule has 0 saturated heterocycles. The Balaban J connectivity index is 2.18. The van der Waals surface area contributed by atoms with Crippen molar-refractivity contribution in [2.75, 3.05) is 18.8 Å². The van der Waals surface area contributed by atoms with Crippen molar-refractivity contribution in [2.24, 2.45) is 0 Å². The lowest BCUT2D eigenvalue weighted by Crippen LogP contribution is -2.33. The number of nitrogens with two attached hydrogens (primary N) is 1. The van der Waals surface area contributed by atoms with Crippen molar-refractivity contribution in [2.45, 2.75) is 32.7 Å². The number of hydrogen-bond donors (Lipinski definition) is 1. The third-order valence-corrected chi connectivity index (χ3v) is 2.95. The van der Waals surface area contributed by atoms with E-state index < -0.39 is 0 Å². The maximum Gasteiger partial charge on any atom is 0.142 e. The normalized spacial score (nSPS) is 17.5. The van der Waals surface area contributed by atoms with Crippen LogP contribution in [0.4, 0.5) is 5.82 Å². The molecular weight excluding hydrogens is 188 g/mol. The number of rotatable bonds is 1. The molecule has 1 aromatic rings. The third kappa shape index (κ3) is 2.26. The van der Waals surface area contributed by atoms with Crippen molar-refractivity contribution in [3.63, 3.8) is 0 Å². The van der Waals surface area contributed by atoms with Crippen LogP contribution in [0.5, 0.6) is 0 Å². The van der Waals surface area contributed by atoms with Gasteiger partial charge in [0.1, 0.15) is 5.82 Å². The topological polar surface area (TPSA) is 55.0 Å². The summed E-state index contributed by atoms with van der Waals surface area (Å²) in [5.41, 5.74) is 7.84. The maximum absolute atomic E-state index is 5.64. The molecule has 2 heterocycles. The molecule has 0 unspecified atom stereocenters. The average Bonchev–Trinajstić information content (AvgIpc) is 2.39. The minimum Gasteiger partial charge on any atom is -0.382 e. The summed E-state index contributed by atoms with van der Waals surface area (Å²) >= 11 is 0. The van der Waals surface area contributed by atoms with Crippen LogP contribution >= 0.6 is 0 Å². The highest BCUT2D eigenvalue weighted by Gasteiger charge is 2.17. The first-order chi connectivity index (χ1) is 7.16. The second-order valence-electron chi connectivity index (χ2n) is 4.32. The first-order valence-corrected chi connectivity index (χ1v) is 5.51. The lowest BCUT2D eigenvalue weighted by atomic mass is 10.2. The molecule has 0 amide bonds. The Morgan fingerprint density at radius 3 is 2.60 bits per heavy atom. The van der Waals surface area contributed by atoms with Crippen LogP contribution in [0.2, 0.25) is 0 Å². The zero-order valence-corrected chi connectivity index (χ0v) is 9.40. The molecule has 0 fully saturated rings. The Hall–Kier alpha value is -1.16. The summed E-state index contributed by atoms with van der Waals surface area (Å²) < 4.78 is 0. The average molecular weight is 206 g/mol. The van der Waals surface area contributed by atoms with Crippen LogP contribution < -0.4 is 5.73 Å². The van der Waals surface area contributed by atoms with Crippen molar-refractivity contribution in [3.8, 4) is 0 Å². The second-order valence-corrected chi connectivity index (χ2v) is 4.32. The van der Waals surface area contributed by atoms with Crippen LogP contribution in [0.15, 0.2) is 6.20 Å². The molecule has 1 aliphatic rings. The first kappa shape index (κ1) is 10.4. The Morgan fingerprint density at radius 2 is 1.93 bits per heavy atom. The van der Waals surface area contributed by atoms with Gasteiger partial charge in [-0.15, -0.1) is 0 Å². The summed E-state index contributed by atoms with van der Waals surface area (Å²) in [4.78, 5) is 11.2. The van der Waals surface area contributed by atoms with E-state index in [0.29, 0.717) is 11.9 Å². The van der Waals surface area contributed by atoms with E-state index in [9.17, 15) is 0 Å². The molecule has 4 nitrogen and oxygen atoms in total. The fraction of sp³-hybridized carbons (Fsp3) is 0.636. The summed E-state index contributed by atoms with van der Waals surface area (Å²) in [6, 6.07) is 0.594. The Labute approximate surface area is 90.5 Å². The van der Waals surface area contributed by atoms with Crippen LogP contribution in [0.1, 0.15) is 25.2 Å². The van der Waals surface area contributed by atoms with Crippen LogP contribution in [-0.4, -0.2) is 34.0 Å². The first-order valence-electron chi connectivity index (χ1n) is 5.51. The summed E-state index contributed by atoms with van der Waals surface area (Å²) in [7, 11) is 0. The summed E-state index contributed by atoms with van der Waals surface area (Å²) in [5.74, 6) is 0.534. The number of nitrogen functional groups attached to an aromatic ring is 1. The predicted octanol–water partition coefficient (Wildman–Crippen LogP) is 0.868. The highest BCUT2D eigenvalue weighted by molar-refractivity contribution is 5.28. The molecule has 2 rings (SSSR count). The van der Waals surface area contributed by atoms with Gasteiger partial charge < -0.3 is 10.6 Å². The third-order valence-electron chi connectivity index (χ3n) is 2.95. The van der Waals surface area contributed by atoms with Gasteiger partial charge in [-0.3, -0.25) is 4.98 Å². The van der Waals surface area contributed by atoms with Crippen LogP contribution in [0, 0.1) is 0 Å². The molecule has 0 atom stereocenters. The molecule has 0 aromatic carbocycles. The van der Waals surface area contributed by atoms with E-state index in [1.165, 1.54) is 0 Å². The Kier molecular flexibility index (Phi) is 2.86. The van der Waals surface area contributed by atoms with Crippen LogP contribution in [-0.2, 0) is 12.8 Å². The van der Waals surface area contributed by atoms with Crippen LogP contribution in [0.3, 0.4) is 0 Å². The van der Waals surface area contributed by atoms with Gasteiger partial charge in [0.05, 0.1) is 17.6 Å². The van der Waals surface area contributed by atoms with E-state index in [-0.39, 0.29) is 0 Å². The molecule has 0 spiro atoms. The zero-order valence-electron chi connectivity index (χ0n) is 9.40. The minimum absolute atomic E-state index is 0.534. The van der Waals surface area contributed by atoms with Gasteiger partial charge in [-0.25, -0.2) is 4.98 Å². The number of aromatic nitrogens is 2. The van der Waals surface area contributed by atoms with Crippen molar-refractivity contribution in [1.82, 2.24) is 14.9 Å². The molecule has 82 valence electrons. The summed E-state index contributed by atoms with van der Waals surface area (Å²) in [5, 5.41) is 0. The molecule has 0 radical (unpaired) electrons. The van der Waals surface area contributed by atoms with E-state index in [1.807, 2.05) is 0 Å².